The van der Waals surface area contributed by atoms with Crippen LogP contribution in [0.2, 0.25) is 0 Å². The summed E-state index contributed by atoms with van der Waals surface area (Å²) in [4.78, 5) is 24.4. The summed E-state index contributed by atoms with van der Waals surface area (Å²) < 4.78 is 25.8. The minimum absolute atomic E-state index is 0.139. The monoisotopic (exact) mass is 352 g/mol. The van der Waals surface area contributed by atoms with Crippen LogP contribution < -0.4 is 5.32 Å². The van der Waals surface area contributed by atoms with E-state index in [1.165, 1.54) is 4.90 Å². The van der Waals surface area contributed by atoms with Crippen molar-refractivity contribution in [2.45, 2.75) is 57.6 Å². The lowest BCUT2D eigenvalue weighted by Crippen LogP contribution is -2.43. The zero-order valence-electron chi connectivity index (χ0n) is 15.0. The van der Waals surface area contributed by atoms with Gasteiger partial charge >= 0.3 is 6.09 Å². The molecule has 1 amide bonds. The fourth-order valence-electron chi connectivity index (χ4n) is 3.49. The molecular weight excluding hydrogens is 327 g/mol. The molecule has 138 valence electrons. The van der Waals surface area contributed by atoms with Gasteiger partial charge in [0.05, 0.1) is 12.6 Å². The van der Waals surface area contributed by atoms with Gasteiger partial charge in [0.2, 0.25) is 0 Å². The van der Waals surface area contributed by atoms with Gasteiger partial charge in [-0.25, -0.2) is 9.18 Å². The lowest BCUT2D eigenvalue weighted by Gasteiger charge is -2.26. The van der Waals surface area contributed by atoms with Crippen molar-refractivity contribution in [3.63, 3.8) is 0 Å². The number of carbonyl (C=O) groups is 2. The molecule has 0 aromatic carbocycles. The number of likely N-dealkylation sites (N-methyl/N-ethyl adjacent to an activating group) is 1. The lowest BCUT2D eigenvalue weighted by molar-refractivity contribution is -0.110. The smallest absolute Gasteiger partial charge is 0.410 e. The van der Waals surface area contributed by atoms with Crippen molar-refractivity contribution in [1.29, 1.82) is 0 Å². The second kappa shape index (κ2) is 6.53. The van der Waals surface area contributed by atoms with Crippen molar-refractivity contribution in [1.82, 2.24) is 10.2 Å². The maximum atomic E-state index is 14.7. The number of allylic oxidation sites excluding steroid dienone is 2. The molecule has 4 unspecified atom stereocenters. The average molecular weight is 352 g/mol. The molecule has 1 heterocycles. The molecule has 0 radical (unpaired) electrons. The van der Waals surface area contributed by atoms with Crippen molar-refractivity contribution in [3.05, 3.63) is 23.0 Å². The predicted molar refractivity (Wildman–Crippen MR) is 89.5 cm³/mol. The van der Waals surface area contributed by atoms with Crippen molar-refractivity contribution >= 4 is 12.4 Å². The van der Waals surface area contributed by atoms with Crippen LogP contribution in [0, 0.1) is 5.92 Å². The van der Waals surface area contributed by atoms with E-state index in [0.717, 1.165) is 11.9 Å². The van der Waals surface area contributed by atoms with Crippen molar-refractivity contribution in [2.75, 3.05) is 13.6 Å². The van der Waals surface area contributed by atoms with Crippen LogP contribution >= 0.6 is 0 Å². The Bertz CT molecular complexity index is 637. The Morgan fingerprint density at radius 2 is 2.20 bits per heavy atom. The third-order valence-corrected chi connectivity index (χ3v) is 4.61. The molecule has 3 rings (SSSR count). The molecule has 7 heteroatoms. The van der Waals surface area contributed by atoms with Gasteiger partial charge in [0.1, 0.15) is 30.0 Å². The topological polar surface area (TPSA) is 67.9 Å². The van der Waals surface area contributed by atoms with Crippen molar-refractivity contribution in [3.8, 4) is 0 Å². The number of halogens is 1. The summed E-state index contributed by atoms with van der Waals surface area (Å²) in [5.74, 6) is -0.429. The minimum Gasteiger partial charge on any atom is -0.444 e. The lowest BCUT2D eigenvalue weighted by atomic mass is 9.94. The second-order valence-corrected chi connectivity index (χ2v) is 7.92. The summed E-state index contributed by atoms with van der Waals surface area (Å²) in [5, 5.41) is 3.21. The Morgan fingerprint density at radius 1 is 1.48 bits per heavy atom. The van der Waals surface area contributed by atoms with E-state index in [2.05, 4.69) is 5.32 Å². The van der Waals surface area contributed by atoms with Gasteiger partial charge in [0, 0.05) is 13.0 Å². The van der Waals surface area contributed by atoms with E-state index in [4.69, 9.17) is 9.47 Å². The number of hydrogen-bond acceptors (Lipinski definition) is 5. The summed E-state index contributed by atoms with van der Waals surface area (Å²) >= 11 is 0. The van der Waals surface area contributed by atoms with Gasteiger partial charge in [0.15, 0.2) is 0 Å². The van der Waals surface area contributed by atoms with Crippen LogP contribution in [0.5, 0.6) is 0 Å². The number of aldehydes is 1. The number of nitrogens with one attached hydrogen (secondary N) is 1. The van der Waals surface area contributed by atoms with Gasteiger partial charge in [-0.1, -0.05) is 6.08 Å². The Labute approximate surface area is 147 Å². The molecule has 1 N–H and O–H groups in total. The van der Waals surface area contributed by atoms with E-state index < -0.39 is 24.0 Å². The summed E-state index contributed by atoms with van der Waals surface area (Å²) in [6.45, 7) is 5.66. The SMILES string of the molecule is CN(CC1NC2C=C3CC(C=O)CC3=C(F)C2O1)C(=O)OC(C)(C)C. The predicted octanol–water partition coefficient (Wildman–Crippen LogP) is 2.31. The number of carbonyl (C=O) groups excluding carboxylic acids is 2. The quantitative estimate of drug-likeness (QED) is 0.790. The Morgan fingerprint density at radius 3 is 2.84 bits per heavy atom. The Hall–Kier alpha value is -1.73. The van der Waals surface area contributed by atoms with Crippen LogP contribution in [0.4, 0.5) is 9.18 Å². The van der Waals surface area contributed by atoms with Gasteiger partial charge < -0.3 is 19.2 Å². The van der Waals surface area contributed by atoms with Gasteiger partial charge in [-0.05, 0) is 44.8 Å². The first-order chi connectivity index (χ1) is 11.7. The van der Waals surface area contributed by atoms with Crippen LogP contribution in [0.15, 0.2) is 23.0 Å². The zero-order chi connectivity index (χ0) is 18.4. The molecule has 0 spiro atoms. The third kappa shape index (κ3) is 3.77. The Balaban J connectivity index is 1.63. The van der Waals surface area contributed by atoms with Crippen molar-refractivity contribution < 1.29 is 23.5 Å². The van der Waals surface area contributed by atoms with E-state index in [-0.39, 0.29) is 24.3 Å². The zero-order valence-corrected chi connectivity index (χ0v) is 15.0. The Kier molecular flexibility index (Phi) is 4.72. The maximum Gasteiger partial charge on any atom is 0.410 e. The largest absolute Gasteiger partial charge is 0.444 e. The number of ether oxygens (including phenoxy) is 2. The highest BCUT2D eigenvalue weighted by Gasteiger charge is 2.43. The summed E-state index contributed by atoms with van der Waals surface area (Å²) in [6.07, 6.45) is 2.26. The molecule has 6 nitrogen and oxygen atoms in total. The van der Waals surface area contributed by atoms with Crippen molar-refractivity contribution in [2.24, 2.45) is 5.92 Å². The van der Waals surface area contributed by atoms with E-state index in [1.54, 1.807) is 27.8 Å². The minimum atomic E-state index is -0.693. The first-order valence-electron chi connectivity index (χ1n) is 8.58. The number of hydrogen-bond donors (Lipinski definition) is 1. The molecule has 1 aliphatic heterocycles. The van der Waals surface area contributed by atoms with Crippen LogP contribution in [-0.2, 0) is 14.3 Å². The number of amides is 1. The van der Waals surface area contributed by atoms with E-state index in [0.29, 0.717) is 18.4 Å². The van der Waals surface area contributed by atoms with E-state index in [9.17, 15) is 14.0 Å². The third-order valence-electron chi connectivity index (χ3n) is 4.61. The molecule has 2 fully saturated rings. The number of nitrogens with zero attached hydrogens (tertiary/aromatic N) is 1. The van der Waals surface area contributed by atoms with Gasteiger partial charge in [-0.2, -0.15) is 0 Å². The fourth-order valence-corrected chi connectivity index (χ4v) is 3.49. The molecule has 1 saturated carbocycles. The molecule has 4 atom stereocenters. The molecule has 25 heavy (non-hydrogen) atoms. The van der Waals surface area contributed by atoms with Crippen LogP contribution in [0.3, 0.4) is 0 Å². The highest BCUT2D eigenvalue weighted by atomic mass is 19.1. The highest BCUT2D eigenvalue weighted by Crippen LogP contribution is 2.43. The van der Waals surface area contributed by atoms with E-state index in [1.807, 2.05) is 6.08 Å². The van der Waals surface area contributed by atoms with Crippen LogP contribution in [0.1, 0.15) is 33.6 Å². The maximum absolute atomic E-state index is 14.7. The standard InChI is InChI=1S/C18H25FN2O4/c1-18(2,3)25-17(23)21(4)8-14-20-13-7-11-5-10(9-22)6-12(11)15(19)16(13)24-14/h7,9-10,13-14,16,20H,5-6,8H2,1-4H3. The summed E-state index contributed by atoms with van der Waals surface area (Å²) in [6, 6.07) is -0.277. The molecule has 3 aliphatic rings. The normalized spacial score (nSPS) is 31.3. The molecular formula is C18H25FN2O4. The van der Waals surface area contributed by atoms with Gasteiger partial charge in [-0.3, -0.25) is 5.32 Å². The van der Waals surface area contributed by atoms with Crippen LogP contribution in [-0.4, -0.2) is 54.8 Å². The molecule has 2 aliphatic carbocycles. The number of fused-ring (bicyclic) bond motifs is 2. The first kappa shape index (κ1) is 18.1. The summed E-state index contributed by atoms with van der Waals surface area (Å²) in [7, 11) is 1.62. The van der Waals surface area contributed by atoms with Crippen LogP contribution in [0.25, 0.3) is 0 Å². The highest BCUT2D eigenvalue weighted by molar-refractivity contribution is 5.67. The number of rotatable bonds is 3. The molecule has 1 saturated heterocycles. The van der Waals surface area contributed by atoms with Gasteiger partial charge in [-0.15, -0.1) is 0 Å². The first-order valence-corrected chi connectivity index (χ1v) is 8.58. The molecule has 0 aromatic rings. The van der Waals surface area contributed by atoms with E-state index >= 15 is 0 Å². The average Bonchev–Trinajstić information content (AvgIpc) is 3.09. The fraction of sp³-hybridized carbons (Fsp3) is 0.667. The summed E-state index contributed by atoms with van der Waals surface area (Å²) in [5.41, 5.74) is 0.936. The second-order valence-electron chi connectivity index (χ2n) is 7.92. The molecule has 0 aromatic heterocycles. The van der Waals surface area contributed by atoms with Gasteiger partial charge in [0.25, 0.3) is 0 Å². The molecule has 0 bridgehead atoms.